The number of hydrogen-bond acceptors (Lipinski definition) is 4. The van der Waals surface area contributed by atoms with Crippen LogP contribution in [0.3, 0.4) is 0 Å². The lowest BCUT2D eigenvalue weighted by Gasteiger charge is -2.15. The minimum atomic E-state index is -0.300. The molecule has 0 radical (unpaired) electrons. The molecule has 0 spiro atoms. The third kappa shape index (κ3) is 2.25. The Morgan fingerprint density at radius 2 is 1.67 bits per heavy atom. The lowest BCUT2D eigenvalue weighted by atomic mass is 10.0. The van der Waals surface area contributed by atoms with E-state index >= 15 is 0 Å². The van der Waals surface area contributed by atoms with E-state index in [0.717, 1.165) is 23.5 Å². The molecular formula is C14H20O4. The van der Waals surface area contributed by atoms with Gasteiger partial charge in [-0.25, -0.2) is 0 Å². The number of aliphatic hydroxyl groups excluding tert-OH is 1. The Bertz CT molecular complexity index is 403. The van der Waals surface area contributed by atoms with E-state index in [1.165, 1.54) is 0 Å². The van der Waals surface area contributed by atoms with Gasteiger partial charge in [0.25, 0.3) is 0 Å². The van der Waals surface area contributed by atoms with Gasteiger partial charge < -0.3 is 19.3 Å². The molecule has 1 N–H and O–H groups in total. The summed E-state index contributed by atoms with van der Waals surface area (Å²) in [6.07, 6.45) is 0.669. The van der Waals surface area contributed by atoms with Crippen molar-refractivity contribution in [3.8, 4) is 17.2 Å². The van der Waals surface area contributed by atoms with Crippen LogP contribution >= 0.6 is 0 Å². The minimum absolute atomic E-state index is 0.293. The zero-order valence-electron chi connectivity index (χ0n) is 11.3. The summed E-state index contributed by atoms with van der Waals surface area (Å²) >= 11 is 0. The number of methoxy groups -OCH3 is 3. The van der Waals surface area contributed by atoms with Crippen LogP contribution in [0, 0.1) is 5.92 Å². The third-order valence-corrected chi connectivity index (χ3v) is 3.58. The molecule has 0 saturated heterocycles. The second-order valence-electron chi connectivity index (χ2n) is 4.69. The van der Waals surface area contributed by atoms with E-state index < -0.39 is 0 Å². The monoisotopic (exact) mass is 252 g/mol. The van der Waals surface area contributed by atoms with Crippen molar-refractivity contribution >= 4 is 0 Å². The van der Waals surface area contributed by atoms with Crippen LogP contribution in [0.5, 0.6) is 17.2 Å². The molecule has 0 bridgehead atoms. The Labute approximate surface area is 107 Å². The van der Waals surface area contributed by atoms with Crippen molar-refractivity contribution in [1.82, 2.24) is 0 Å². The second kappa shape index (κ2) is 5.06. The summed E-state index contributed by atoms with van der Waals surface area (Å²) in [6, 6.07) is 3.71. The van der Waals surface area contributed by atoms with Crippen LogP contribution in [0.1, 0.15) is 24.8 Å². The van der Waals surface area contributed by atoms with Gasteiger partial charge in [0, 0.05) is 17.7 Å². The first kappa shape index (κ1) is 13.0. The van der Waals surface area contributed by atoms with Crippen molar-refractivity contribution in [2.45, 2.75) is 25.4 Å². The maximum Gasteiger partial charge on any atom is 0.129 e. The van der Waals surface area contributed by atoms with Crippen molar-refractivity contribution in [2.75, 3.05) is 21.3 Å². The number of hydrogen-bond donors (Lipinski definition) is 1. The van der Waals surface area contributed by atoms with Gasteiger partial charge >= 0.3 is 0 Å². The molecule has 0 aliphatic heterocycles. The zero-order valence-corrected chi connectivity index (χ0v) is 11.3. The van der Waals surface area contributed by atoms with Gasteiger partial charge in [0.15, 0.2) is 0 Å². The molecule has 1 fully saturated rings. The van der Waals surface area contributed by atoms with Gasteiger partial charge in [-0.2, -0.15) is 0 Å². The van der Waals surface area contributed by atoms with E-state index in [1.807, 2.05) is 19.1 Å². The predicted molar refractivity (Wildman–Crippen MR) is 68.6 cm³/mol. The van der Waals surface area contributed by atoms with Crippen molar-refractivity contribution in [1.29, 1.82) is 0 Å². The maximum absolute atomic E-state index is 9.65. The van der Waals surface area contributed by atoms with E-state index in [-0.39, 0.29) is 6.10 Å². The summed E-state index contributed by atoms with van der Waals surface area (Å²) in [5, 5.41) is 9.65. The fourth-order valence-corrected chi connectivity index (χ4v) is 2.48. The highest BCUT2D eigenvalue weighted by atomic mass is 16.5. The van der Waals surface area contributed by atoms with E-state index in [0.29, 0.717) is 17.6 Å². The van der Waals surface area contributed by atoms with E-state index in [2.05, 4.69) is 0 Å². The standard InChI is InChI=1S/C14H20O4/c1-8(15)10-7-11(10)14-12(17-3)5-9(16-2)6-13(14)18-4/h5-6,8,10-11,15H,7H2,1-4H3. The molecular weight excluding hydrogens is 232 g/mol. The van der Waals surface area contributed by atoms with Crippen LogP contribution in [-0.2, 0) is 0 Å². The molecule has 0 amide bonds. The molecule has 100 valence electrons. The summed E-state index contributed by atoms with van der Waals surface area (Å²) in [7, 11) is 4.89. The molecule has 0 aromatic heterocycles. The van der Waals surface area contributed by atoms with Crippen molar-refractivity contribution < 1.29 is 19.3 Å². The lowest BCUT2D eigenvalue weighted by Crippen LogP contribution is -2.05. The Kier molecular flexibility index (Phi) is 3.66. The van der Waals surface area contributed by atoms with Crippen LogP contribution in [0.25, 0.3) is 0 Å². The number of benzene rings is 1. The minimum Gasteiger partial charge on any atom is -0.496 e. The van der Waals surface area contributed by atoms with Crippen LogP contribution < -0.4 is 14.2 Å². The van der Waals surface area contributed by atoms with E-state index in [1.54, 1.807) is 21.3 Å². The summed E-state index contributed by atoms with van der Waals surface area (Å²) in [4.78, 5) is 0. The summed E-state index contributed by atoms with van der Waals surface area (Å²) < 4.78 is 16.1. The SMILES string of the molecule is COc1cc(OC)c(C2CC2C(C)O)c(OC)c1. The first-order valence-electron chi connectivity index (χ1n) is 6.10. The first-order valence-corrected chi connectivity index (χ1v) is 6.10. The second-order valence-corrected chi connectivity index (χ2v) is 4.69. The summed E-state index contributed by atoms with van der Waals surface area (Å²) in [5.41, 5.74) is 1.03. The highest BCUT2D eigenvalue weighted by Crippen LogP contribution is 2.55. The van der Waals surface area contributed by atoms with Crippen LogP contribution in [-0.4, -0.2) is 32.5 Å². The first-order chi connectivity index (χ1) is 8.62. The Morgan fingerprint density at radius 3 is 2.00 bits per heavy atom. The van der Waals surface area contributed by atoms with Crippen molar-refractivity contribution in [3.05, 3.63) is 17.7 Å². The topological polar surface area (TPSA) is 47.9 Å². The molecule has 3 unspecified atom stereocenters. The Hall–Kier alpha value is -1.42. The Morgan fingerprint density at radius 1 is 1.11 bits per heavy atom. The normalized spacial score (nSPS) is 23.4. The van der Waals surface area contributed by atoms with Crippen molar-refractivity contribution in [3.63, 3.8) is 0 Å². The van der Waals surface area contributed by atoms with Crippen LogP contribution in [0.4, 0.5) is 0 Å². The molecule has 2 rings (SSSR count). The zero-order chi connectivity index (χ0) is 13.3. The fourth-order valence-electron chi connectivity index (χ4n) is 2.48. The molecule has 1 aromatic rings. The quantitative estimate of drug-likeness (QED) is 0.872. The number of aliphatic hydroxyl groups is 1. The van der Waals surface area contributed by atoms with Gasteiger partial charge in [0.2, 0.25) is 0 Å². The fraction of sp³-hybridized carbons (Fsp3) is 0.571. The van der Waals surface area contributed by atoms with Crippen LogP contribution in [0.2, 0.25) is 0 Å². The molecule has 1 aromatic carbocycles. The highest BCUT2D eigenvalue weighted by Gasteiger charge is 2.44. The molecule has 1 aliphatic rings. The number of rotatable bonds is 5. The average Bonchev–Trinajstić information content (AvgIpc) is 3.17. The molecule has 4 heteroatoms. The maximum atomic E-state index is 9.65. The van der Waals surface area contributed by atoms with Gasteiger partial charge in [0.05, 0.1) is 27.4 Å². The summed E-state index contributed by atoms with van der Waals surface area (Å²) in [6.45, 7) is 1.83. The largest absolute Gasteiger partial charge is 0.496 e. The molecule has 3 atom stereocenters. The van der Waals surface area contributed by atoms with Gasteiger partial charge in [-0.1, -0.05) is 0 Å². The molecule has 4 nitrogen and oxygen atoms in total. The van der Waals surface area contributed by atoms with Crippen molar-refractivity contribution in [2.24, 2.45) is 5.92 Å². The van der Waals surface area contributed by atoms with Gasteiger partial charge in [-0.15, -0.1) is 0 Å². The number of ether oxygens (including phenoxy) is 3. The van der Waals surface area contributed by atoms with Gasteiger partial charge in [0.1, 0.15) is 17.2 Å². The molecule has 18 heavy (non-hydrogen) atoms. The average molecular weight is 252 g/mol. The highest BCUT2D eigenvalue weighted by molar-refractivity contribution is 5.54. The Balaban J connectivity index is 2.39. The third-order valence-electron chi connectivity index (χ3n) is 3.58. The van der Waals surface area contributed by atoms with E-state index in [9.17, 15) is 5.11 Å². The predicted octanol–water partition coefficient (Wildman–Crippen LogP) is 2.20. The van der Waals surface area contributed by atoms with E-state index in [4.69, 9.17) is 14.2 Å². The molecule has 1 aliphatic carbocycles. The van der Waals surface area contributed by atoms with Gasteiger partial charge in [-0.3, -0.25) is 0 Å². The summed E-state index contributed by atoms with van der Waals surface area (Å²) in [5.74, 6) is 2.84. The smallest absolute Gasteiger partial charge is 0.129 e. The van der Waals surface area contributed by atoms with Crippen LogP contribution in [0.15, 0.2) is 12.1 Å². The molecule has 0 heterocycles. The lowest BCUT2D eigenvalue weighted by molar-refractivity contribution is 0.168. The molecule has 1 saturated carbocycles. The van der Waals surface area contributed by atoms with Gasteiger partial charge in [-0.05, 0) is 25.2 Å².